The second-order valence-electron chi connectivity index (χ2n) is 3.46. The molecule has 6 heteroatoms. The molecule has 0 bridgehead atoms. The van der Waals surface area contributed by atoms with Crippen molar-refractivity contribution in [2.45, 2.75) is 0 Å². The Labute approximate surface area is 109 Å². The molecule has 0 saturated carbocycles. The van der Waals surface area contributed by atoms with Gasteiger partial charge in [-0.05, 0) is 6.07 Å². The average molecular weight is 264 g/mol. The van der Waals surface area contributed by atoms with Gasteiger partial charge in [-0.25, -0.2) is 14.8 Å². The van der Waals surface area contributed by atoms with Crippen LogP contribution in [0.5, 0.6) is 0 Å². The van der Waals surface area contributed by atoms with Gasteiger partial charge >= 0.3 is 5.97 Å². The van der Waals surface area contributed by atoms with Crippen molar-refractivity contribution in [1.82, 2.24) is 9.97 Å². The van der Waals surface area contributed by atoms with Crippen LogP contribution in [-0.2, 0) is 4.74 Å². The standard InChI is InChI=1S/C12H10ClN3O2/c1-18-12(17)10-11(14)15-6-9(16-10)7-4-2-3-5-8(7)13/h2-6H,1H3,(H2,14,15). The smallest absolute Gasteiger partial charge is 0.360 e. The quantitative estimate of drug-likeness (QED) is 0.840. The van der Waals surface area contributed by atoms with Crippen molar-refractivity contribution in [3.63, 3.8) is 0 Å². The van der Waals surface area contributed by atoms with Gasteiger partial charge in [0.05, 0.1) is 24.0 Å². The fourth-order valence-corrected chi connectivity index (χ4v) is 1.68. The summed E-state index contributed by atoms with van der Waals surface area (Å²) >= 11 is 6.05. The van der Waals surface area contributed by atoms with E-state index in [2.05, 4.69) is 14.7 Å². The van der Waals surface area contributed by atoms with Gasteiger partial charge in [0, 0.05) is 5.56 Å². The maximum absolute atomic E-state index is 11.5. The lowest BCUT2D eigenvalue weighted by Crippen LogP contribution is -2.10. The number of esters is 1. The summed E-state index contributed by atoms with van der Waals surface area (Å²) in [6, 6.07) is 7.13. The molecule has 1 heterocycles. The van der Waals surface area contributed by atoms with Gasteiger partial charge in [-0.3, -0.25) is 0 Å². The molecule has 2 N–H and O–H groups in total. The van der Waals surface area contributed by atoms with Gasteiger partial charge in [0.2, 0.25) is 0 Å². The third kappa shape index (κ3) is 2.26. The average Bonchev–Trinajstić information content (AvgIpc) is 2.39. The lowest BCUT2D eigenvalue weighted by molar-refractivity contribution is 0.0595. The number of rotatable bonds is 2. The number of benzene rings is 1. The third-order valence-corrected chi connectivity index (χ3v) is 2.66. The molecule has 0 spiro atoms. The fraction of sp³-hybridized carbons (Fsp3) is 0.0833. The Morgan fingerprint density at radius 3 is 2.78 bits per heavy atom. The van der Waals surface area contributed by atoms with Crippen LogP contribution in [0.25, 0.3) is 11.3 Å². The molecule has 2 rings (SSSR count). The van der Waals surface area contributed by atoms with Crippen LogP contribution in [-0.4, -0.2) is 23.0 Å². The lowest BCUT2D eigenvalue weighted by atomic mass is 10.1. The first-order valence-electron chi connectivity index (χ1n) is 5.09. The topological polar surface area (TPSA) is 78.1 Å². The molecule has 0 fully saturated rings. The summed E-state index contributed by atoms with van der Waals surface area (Å²) in [6.07, 6.45) is 1.46. The van der Waals surface area contributed by atoms with E-state index < -0.39 is 5.97 Å². The minimum atomic E-state index is -0.631. The van der Waals surface area contributed by atoms with Crippen molar-refractivity contribution in [2.24, 2.45) is 0 Å². The number of nitrogens with zero attached hydrogens (tertiary/aromatic N) is 2. The monoisotopic (exact) mass is 263 g/mol. The highest BCUT2D eigenvalue weighted by Crippen LogP contribution is 2.26. The molecule has 92 valence electrons. The second-order valence-corrected chi connectivity index (χ2v) is 3.87. The number of hydrogen-bond donors (Lipinski definition) is 1. The molecule has 0 amide bonds. The number of nitrogens with two attached hydrogens (primary N) is 1. The van der Waals surface area contributed by atoms with Gasteiger partial charge in [0.25, 0.3) is 0 Å². The zero-order chi connectivity index (χ0) is 13.1. The highest BCUT2D eigenvalue weighted by molar-refractivity contribution is 6.33. The van der Waals surface area contributed by atoms with Crippen molar-refractivity contribution in [3.05, 3.63) is 41.2 Å². The molecule has 1 aromatic heterocycles. The summed E-state index contributed by atoms with van der Waals surface area (Å²) in [5, 5.41) is 0.521. The van der Waals surface area contributed by atoms with E-state index in [1.807, 2.05) is 6.07 Å². The molecular formula is C12H10ClN3O2. The summed E-state index contributed by atoms with van der Waals surface area (Å²) < 4.78 is 4.58. The minimum Gasteiger partial charge on any atom is -0.464 e. The number of methoxy groups -OCH3 is 1. The SMILES string of the molecule is COC(=O)c1nc(-c2ccccc2Cl)cnc1N. The number of hydrogen-bond acceptors (Lipinski definition) is 5. The number of halogens is 1. The van der Waals surface area contributed by atoms with E-state index in [9.17, 15) is 4.79 Å². The van der Waals surface area contributed by atoms with E-state index in [1.165, 1.54) is 13.3 Å². The van der Waals surface area contributed by atoms with E-state index in [4.69, 9.17) is 17.3 Å². The number of ether oxygens (including phenoxy) is 1. The summed E-state index contributed by atoms with van der Waals surface area (Å²) in [5.74, 6) is -0.605. The number of anilines is 1. The van der Waals surface area contributed by atoms with E-state index >= 15 is 0 Å². The van der Waals surface area contributed by atoms with Crippen LogP contribution >= 0.6 is 11.6 Å². The highest BCUT2D eigenvalue weighted by atomic mass is 35.5. The molecule has 0 aliphatic carbocycles. The first kappa shape index (κ1) is 12.3. The fourth-order valence-electron chi connectivity index (χ4n) is 1.44. The number of nitrogen functional groups attached to an aromatic ring is 1. The summed E-state index contributed by atoms with van der Waals surface area (Å²) in [7, 11) is 1.26. The molecule has 2 aromatic rings. The predicted molar refractivity (Wildman–Crippen MR) is 68.2 cm³/mol. The van der Waals surface area contributed by atoms with Crippen LogP contribution in [0.15, 0.2) is 30.5 Å². The molecule has 0 aliphatic heterocycles. The van der Waals surface area contributed by atoms with Crippen molar-refractivity contribution < 1.29 is 9.53 Å². The molecule has 18 heavy (non-hydrogen) atoms. The minimum absolute atomic E-state index is 0.0186. The van der Waals surface area contributed by atoms with Crippen molar-refractivity contribution in [1.29, 1.82) is 0 Å². The predicted octanol–water partition coefficient (Wildman–Crippen LogP) is 2.17. The van der Waals surface area contributed by atoms with Crippen molar-refractivity contribution in [3.8, 4) is 11.3 Å². The van der Waals surface area contributed by atoms with Crippen molar-refractivity contribution in [2.75, 3.05) is 12.8 Å². The Kier molecular flexibility index (Phi) is 3.43. The number of carbonyl (C=O) groups excluding carboxylic acids is 1. The third-order valence-electron chi connectivity index (χ3n) is 2.33. The first-order chi connectivity index (χ1) is 8.63. The number of carbonyl (C=O) groups is 1. The van der Waals surface area contributed by atoms with Crippen LogP contribution in [0.3, 0.4) is 0 Å². The molecule has 0 saturated heterocycles. The zero-order valence-corrected chi connectivity index (χ0v) is 10.3. The summed E-state index contributed by atoms with van der Waals surface area (Å²) in [4.78, 5) is 19.5. The van der Waals surface area contributed by atoms with Gasteiger partial charge in [-0.1, -0.05) is 29.8 Å². The van der Waals surface area contributed by atoms with E-state index in [0.29, 0.717) is 16.3 Å². The Bertz CT molecular complexity index is 602. The highest BCUT2D eigenvalue weighted by Gasteiger charge is 2.15. The maximum atomic E-state index is 11.5. The zero-order valence-electron chi connectivity index (χ0n) is 9.55. The van der Waals surface area contributed by atoms with E-state index in [1.54, 1.807) is 18.2 Å². The molecule has 0 aliphatic rings. The molecule has 5 nitrogen and oxygen atoms in total. The van der Waals surface area contributed by atoms with Gasteiger partial charge in [-0.2, -0.15) is 0 Å². The van der Waals surface area contributed by atoms with E-state index in [-0.39, 0.29) is 11.5 Å². The van der Waals surface area contributed by atoms with Crippen LogP contribution in [0.4, 0.5) is 5.82 Å². The van der Waals surface area contributed by atoms with Crippen LogP contribution < -0.4 is 5.73 Å². The molecule has 0 unspecified atom stereocenters. The molecule has 0 radical (unpaired) electrons. The van der Waals surface area contributed by atoms with Crippen LogP contribution in [0, 0.1) is 0 Å². The maximum Gasteiger partial charge on any atom is 0.360 e. The second kappa shape index (κ2) is 5.01. The van der Waals surface area contributed by atoms with Crippen molar-refractivity contribution >= 4 is 23.4 Å². The lowest BCUT2D eigenvalue weighted by Gasteiger charge is -2.06. The van der Waals surface area contributed by atoms with Crippen LogP contribution in [0.1, 0.15) is 10.5 Å². The van der Waals surface area contributed by atoms with Gasteiger partial charge < -0.3 is 10.5 Å². The Hall–Kier alpha value is -2.14. The van der Waals surface area contributed by atoms with Gasteiger partial charge in [0.1, 0.15) is 0 Å². The summed E-state index contributed by atoms with van der Waals surface area (Å²) in [5.41, 5.74) is 6.70. The Morgan fingerprint density at radius 1 is 1.39 bits per heavy atom. The van der Waals surface area contributed by atoms with Crippen LogP contribution in [0.2, 0.25) is 5.02 Å². The Morgan fingerprint density at radius 2 is 2.11 bits per heavy atom. The first-order valence-corrected chi connectivity index (χ1v) is 5.47. The largest absolute Gasteiger partial charge is 0.464 e. The normalized spacial score (nSPS) is 10.1. The molecule has 0 atom stereocenters. The van der Waals surface area contributed by atoms with E-state index in [0.717, 1.165) is 0 Å². The van der Waals surface area contributed by atoms with Gasteiger partial charge in [0.15, 0.2) is 11.5 Å². The molecular weight excluding hydrogens is 254 g/mol. The number of aromatic nitrogens is 2. The molecule has 1 aromatic carbocycles. The Balaban J connectivity index is 2.54. The van der Waals surface area contributed by atoms with Gasteiger partial charge in [-0.15, -0.1) is 0 Å². The summed E-state index contributed by atoms with van der Waals surface area (Å²) in [6.45, 7) is 0.